The second-order valence-electron chi connectivity index (χ2n) is 1.53. The molecule has 0 aromatic rings. The van der Waals surface area contributed by atoms with E-state index in [9.17, 15) is 8.42 Å². The van der Waals surface area contributed by atoms with Crippen molar-refractivity contribution in [2.75, 3.05) is 6.26 Å². The highest BCUT2D eigenvalue weighted by molar-refractivity contribution is 7.91. The first-order valence-corrected chi connectivity index (χ1v) is 3.84. The van der Waals surface area contributed by atoms with Gasteiger partial charge in [0.2, 0.25) is 0 Å². The van der Waals surface area contributed by atoms with Crippen molar-refractivity contribution in [1.29, 1.82) is 0 Å². The summed E-state index contributed by atoms with van der Waals surface area (Å²) in [6.07, 6.45) is 1.11. The maximum absolute atomic E-state index is 10.2. The minimum atomic E-state index is -2.96. The van der Waals surface area contributed by atoms with Crippen LogP contribution < -0.4 is 5.73 Å². The van der Waals surface area contributed by atoms with Crippen molar-refractivity contribution in [2.45, 2.75) is 12.3 Å². The molecule has 0 bridgehead atoms. The Morgan fingerprint density at radius 1 is 1.57 bits per heavy atom. The summed E-state index contributed by atoms with van der Waals surface area (Å²) in [6, 6.07) is 0. The Balaban J connectivity index is 4.10. The van der Waals surface area contributed by atoms with Crippen LogP contribution in [0.5, 0.6) is 0 Å². The average molecular weight is 123 g/mol. The van der Waals surface area contributed by atoms with E-state index in [0.717, 1.165) is 6.26 Å². The molecule has 0 unspecified atom stereocenters. The number of hydrogen-bond donors (Lipinski definition) is 1. The summed E-state index contributed by atoms with van der Waals surface area (Å²) in [6.45, 7) is 1.44. The maximum atomic E-state index is 10.2. The first-order valence-electron chi connectivity index (χ1n) is 1.89. The molecule has 0 amide bonds. The molecule has 0 aliphatic heterocycles. The van der Waals surface area contributed by atoms with Crippen LogP contribution >= 0.6 is 0 Å². The van der Waals surface area contributed by atoms with E-state index in [1.54, 1.807) is 0 Å². The summed E-state index contributed by atoms with van der Waals surface area (Å²) in [5.74, 6) is 0. The SMILES string of the molecule is C[C@H](N)S(C)(=O)=O. The van der Waals surface area contributed by atoms with E-state index in [1.165, 1.54) is 6.92 Å². The molecule has 0 aliphatic rings. The molecule has 4 heteroatoms. The molecule has 0 radical (unpaired) electrons. The molecule has 0 aromatic heterocycles. The summed E-state index contributed by atoms with van der Waals surface area (Å²) in [4.78, 5) is 0. The molecule has 0 fully saturated rings. The maximum Gasteiger partial charge on any atom is 0.162 e. The molecule has 0 saturated heterocycles. The van der Waals surface area contributed by atoms with E-state index in [1.807, 2.05) is 0 Å². The lowest BCUT2D eigenvalue weighted by Crippen LogP contribution is -2.25. The third-order valence-corrected chi connectivity index (χ3v) is 2.03. The van der Waals surface area contributed by atoms with Crippen LogP contribution in [-0.2, 0) is 9.84 Å². The third-order valence-electron chi connectivity index (χ3n) is 0.675. The molecule has 0 aromatic carbocycles. The van der Waals surface area contributed by atoms with Gasteiger partial charge in [-0.2, -0.15) is 0 Å². The zero-order valence-corrected chi connectivity index (χ0v) is 5.20. The summed E-state index contributed by atoms with van der Waals surface area (Å²) in [5, 5.41) is -0.729. The van der Waals surface area contributed by atoms with Gasteiger partial charge >= 0.3 is 0 Å². The zero-order valence-electron chi connectivity index (χ0n) is 4.38. The smallest absolute Gasteiger partial charge is 0.162 e. The standard InChI is InChI=1S/C3H9NO2S/c1-3(4)7(2,5)6/h3H,4H2,1-2H3/t3-/m1/s1. The van der Waals surface area contributed by atoms with Crippen LogP contribution in [0.15, 0.2) is 0 Å². The van der Waals surface area contributed by atoms with E-state index in [2.05, 4.69) is 0 Å². The van der Waals surface area contributed by atoms with Crippen molar-refractivity contribution in [3.8, 4) is 0 Å². The van der Waals surface area contributed by atoms with Crippen LogP contribution in [0.3, 0.4) is 0 Å². The Morgan fingerprint density at radius 2 is 1.71 bits per heavy atom. The third kappa shape index (κ3) is 2.59. The van der Waals surface area contributed by atoms with E-state index in [-0.39, 0.29) is 0 Å². The van der Waals surface area contributed by atoms with Gasteiger partial charge in [-0.15, -0.1) is 0 Å². The van der Waals surface area contributed by atoms with Gasteiger partial charge in [-0.3, -0.25) is 0 Å². The Kier molecular flexibility index (Phi) is 1.77. The topological polar surface area (TPSA) is 60.2 Å². The highest BCUT2D eigenvalue weighted by atomic mass is 32.2. The molecule has 1 atom stereocenters. The first kappa shape index (κ1) is 6.91. The molecule has 2 N–H and O–H groups in total. The molecule has 0 heterocycles. The van der Waals surface area contributed by atoms with E-state index >= 15 is 0 Å². The molecule has 0 spiro atoms. The molecule has 0 aliphatic carbocycles. The number of sulfone groups is 1. The molecular formula is C3H9NO2S. The van der Waals surface area contributed by atoms with E-state index in [4.69, 9.17) is 5.73 Å². The zero-order chi connectivity index (χ0) is 6.08. The predicted octanol–water partition coefficient (Wildman–Crippen LogP) is -0.664. The van der Waals surface area contributed by atoms with Crippen molar-refractivity contribution in [1.82, 2.24) is 0 Å². The minimum Gasteiger partial charge on any atom is -0.315 e. The first-order chi connectivity index (χ1) is 2.94. The highest BCUT2D eigenvalue weighted by Crippen LogP contribution is 1.85. The summed E-state index contributed by atoms with van der Waals surface area (Å²) in [5.41, 5.74) is 4.98. The van der Waals surface area contributed by atoms with Gasteiger partial charge in [-0.05, 0) is 6.92 Å². The van der Waals surface area contributed by atoms with Crippen molar-refractivity contribution >= 4 is 9.84 Å². The van der Waals surface area contributed by atoms with E-state index in [0.29, 0.717) is 0 Å². The van der Waals surface area contributed by atoms with Crippen molar-refractivity contribution in [3.63, 3.8) is 0 Å². The van der Waals surface area contributed by atoms with Crippen LogP contribution in [-0.4, -0.2) is 20.0 Å². The molecule has 44 valence electrons. The fourth-order valence-electron chi connectivity index (χ4n) is 0. The Labute approximate surface area is 43.4 Å². The lowest BCUT2D eigenvalue weighted by Gasteiger charge is -1.97. The normalized spacial score (nSPS) is 16.4. The summed E-state index contributed by atoms with van der Waals surface area (Å²) < 4.78 is 20.4. The van der Waals surface area contributed by atoms with E-state index < -0.39 is 15.2 Å². The fraction of sp³-hybridized carbons (Fsp3) is 1.00. The van der Waals surface area contributed by atoms with Gasteiger partial charge in [0.05, 0.1) is 0 Å². The average Bonchev–Trinajstić information content (AvgIpc) is 1.31. The predicted molar refractivity (Wildman–Crippen MR) is 28.5 cm³/mol. The fourth-order valence-corrected chi connectivity index (χ4v) is 0. The molecule has 3 nitrogen and oxygen atoms in total. The summed E-state index contributed by atoms with van der Waals surface area (Å²) >= 11 is 0. The quantitative estimate of drug-likeness (QED) is 0.503. The van der Waals surface area contributed by atoms with Gasteiger partial charge < -0.3 is 5.73 Å². The Hall–Kier alpha value is -0.0900. The largest absolute Gasteiger partial charge is 0.315 e. The second-order valence-corrected chi connectivity index (χ2v) is 3.94. The number of rotatable bonds is 1. The lowest BCUT2D eigenvalue weighted by atomic mass is 10.8. The van der Waals surface area contributed by atoms with Crippen LogP contribution in [0.25, 0.3) is 0 Å². The van der Waals surface area contributed by atoms with Gasteiger partial charge in [-0.25, -0.2) is 8.42 Å². The van der Waals surface area contributed by atoms with Crippen LogP contribution in [0.4, 0.5) is 0 Å². The van der Waals surface area contributed by atoms with Crippen molar-refractivity contribution < 1.29 is 8.42 Å². The highest BCUT2D eigenvalue weighted by Gasteiger charge is 2.06. The van der Waals surface area contributed by atoms with Gasteiger partial charge in [0.15, 0.2) is 9.84 Å². The molecule has 0 saturated carbocycles. The number of nitrogens with two attached hydrogens (primary N) is 1. The second kappa shape index (κ2) is 1.79. The Morgan fingerprint density at radius 3 is 1.71 bits per heavy atom. The van der Waals surface area contributed by atoms with Crippen molar-refractivity contribution in [3.05, 3.63) is 0 Å². The van der Waals surface area contributed by atoms with Crippen LogP contribution in [0.2, 0.25) is 0 Å². The van der Waals surface area contributed by atoms with Gasteiger partial charge in [0.25, 0.3) is 0 Å². The van der Waals surface area contributed by atoms with Crippen LogP contribution in [0.1, 0.15) is 6.92 Å². The lowest BCUT2D eigenvalue weighted by molar-refractivity contribution is 0.591. The van der Waals surface area contributed by atoms with Gasteiger partial charge in [-0.1, -0.05) is 0 Å². The summed E-state index contributed by atoms with van der Waals surface area (Å²) in [7, 11) is -2.96. The van der Waals surface area contributed by atoms with Crippen molar-refractivity contribution in [2.24, 2.45) is 5.73 Å². The molecule has 0 rings (SSSR count). The monoisotopic (exact) mass is 123 g/mol. The van der Waals surface area contributed by atoms with Gasteiger partial charge in [0.1, 0.15) is 5.37 Å². The van der Waals surface area contributed by atoms with Gasteiger partial charge in [0, 0.05) is 6.26 Å². The Bertz CT molecular complexity index is 135. The van der Waals surface area contributed by atoms with Crippen LogP contribution in [0, 0.1) is 0 Å². The number of hydrogen-bond acceptors (Lipinski definition) is 3. The molecule has 7 heavy (non-hydrogen) atoms. The molecular weight excluding hydrogens is 114 g/mol. The minimum absolute atomic E-state index is 0.729.